The van der Waals surface area contributed by atoms with Gasteiger partial charge in [-0.3, -0.25) is 0 Å². The van der Waals surface area contributed by atoms with Crippen LogP contribution in [0.4, 0.5) is 5.82 Å². The predicted molar refractivity (Wildman–Crippen MR) is 72.0 cm³/mol. The van der Waals surface area contributed by atoms with E-state index in [1.807, 2.05) is 6.20 Å². The van der Waals surface area contributed by atoms with E-state index in [9.17, 15) is 0 Å². The van der Waals surface area contributed by atoms with E-state index in [0.717, 1.165) is 23.4 Å². The highest BCUT2D eigenvalue weighted by Gasteiger charge is 2.14. The van der Waals surface area contributed by atoms with Gasteiger partial charge in [-0.05, 0) is 37.5 Å². The van der Waals surface area contributed by atoms with E-state index >= 15 is 0 Å². The van der Waals surface area contributed by atoms with Gasteiger partial charge in [0.25, 0.3) is 0 Å². The average Bonchev–Trinajstić information content (AvgIpc) is 2.80. The van der Waals surface area contributed by atoms with Crippen molar-refractivity contribution in [1.29, 1.82) is 0 Å². The Morgan fingerprint density at radius 1 is 1.44 bits per heavy atom. The predicted octanol–water partition coefficient (Wildman–Crippen LogP) is 3.69. The van der Waals surface area contributed by atoms with E-state index in [1.165, 1.54) is 31.2 Å². The van der Waals surface area contributed by atoms with Crippen LogP contribution in [0.1, 0.15) is 38.2 Å². The molecule has 0 unspecified atom stereocenters. The Kier molecular flexibility index (Phi) is 4.52. The molecule has 2 rings (SSSR count). The normalized spacial score (nSPS) is 16.6. The van der Waals surface area contributed by atoms with Gasteiger partial charge in [0, 0.05) is 23.7 Å². The Labute approximate surface area is 102 Å². The number of aromatic nitrogens is 1. The number of anilines is 1. The topological polar surface area (TPSA) is 24.9 Å². The molecule has 1 aromatic rings. The lowest BCUT2D eigenvalue weighted by Crippen LogP contribution is -2.00. The van der Waals surface area contributed by atoms with Gasteiger partial charge in [-0.25, -0.2) is 4.98 Å². The number of nitrogens with one attached hydrogen (secondary N) is 1. The van der Waals surface area contributed by atoms with Crippen LogP contribution in [0.5, 0.6) is 0 Å². The minimum Gasteiger partial charge on any atom is -0.370 e. The molecular formula is C13H20N2S. The van der Waals surface area contributed by atoms with Crippen LogP contribution in [-0.2, 0) is 5.75 Å². The number of pyridine rings is 1. The molecule has 1 aromatic heterocycles. The van der Waals surface area contributed by atoms with Gasteiger partial charge in [0.15, 0.2) is 0 Å². The van der Waals surface area contributed by atoms with Crippen LogP contribution in [0.15, 0.2) is 18.3 Å². The Hall–Kier alpha value is -0.700. The molecule has 1 aliphatic rings. The van der Waals surface area contributed by atoms with Crippen molar-refractivity contribution >= 4 is 17.6 Å². The third-order valence-corrected chi connectivity index (χ3v) is 4.41. The van der Waals surface area contributed by atoms with Crippen LogP contribution in [0, 0.1) is 0 Å². The monoisotopic (exact) mass is 236 g/mol. The summed E-state index contributed by atoms with van der Waals surface area (Å²) >= 11 is 2.11. The summed E-state index contributed by atoms with van der Waals surface area (Å²) in [6, 6.07) is 4.30. The van der Waals surface area contributed by atoms with Crippen LogP contribution in [0.3, 0.4) is 0 Å². The van der Waals surface area contributed by atoms with Gasteiger partial charge in [-0.1, -0.05) is 12.8 Å². The fourth-order valence-corrected chi connectivity index (χ4v) is 3.39. The summed E-state index contributed by atoms with van der Waals surface area (Å²) in [5, 5.41) is 4.15. The van der Waals surface area contributed by atoms with E-state index in [-0.39, 0.29) is 0 Å². The molecule has 0 saturated heterocycles. The van der Waals surface area contributed by atoms with Crippen LogP contribution >= 0.6 is 11.8 Å². The summed E-state index contributed by atoms with van der Waals surface area (Å²) in [4.78, 5) is 4.29. The van der Waals surface area contributed by atoms with Crippen molar-refractivity contribution < 1.29 is 0 Å². The van der Waals surface area contributed by atoms with Crippen molar-refractivity contribution in [1.82, 2.24) is 4.98 Å². The van der Waals surface area contributed by atoms with Gasteiger partial charge in [-0.15, -0.1) is 0 Å². The molecule has 1 fully saturated rings. The molecule has 0 aromatic carbocycles. The Morgan fingerprint density at radius 3 is 3.00 bits per heavy atom. The lowest BCUT2D eigenvalue weighted by molar-refractivity contribution is 0.886. The first-order valence-corrected chi connectivity index (χ1v) is 7.24. The van der Waals surface area contributed by atoms with Gasteiger partial charge in [0.05, 0.1) is 0 Å². The maximum absolute atomic E-state index is 4.29. The van der Waals surface area contributed by atoms with Crippen LogP contribution in [0.2, 0.25) is 0 Å². The highest BCUT2D eigenvalue weighted by Crippen LogP contribution is 2.31. The largest absolute Gasteiger partial charge is 0.370 e. The first kappa shape index (κ1) is 11.8. The molecule has 0 radical (unpaired) electrons. The Balaban J connectivity index is 1.85. The zero-order chi connectivity index (χ0) is 11.2. The van der Waals surface area contributed by atoms with E-state index < -0.39 is 0 Å². The Bertz CT molecular complexity index is 321. The molecule has 1 N–H and O–H groups in total. The van der Waals surface area contributed by atoms with Gasteiger partial charge >= 0.3 is 0 Å². The second kappa shape index (κ2) is 6.14. The van der Waals surface area contributed by atoms with Crippen molar-refractivity contribution in [3.8, 4) is 0 Å². The lowest BCUT2D eigenvalue weighted by Gasteiger charge is -2.09. The molecule has 1 aliphatic carbocycles. The molecular weight excluding hydrogens is 216 g/mol. The van der Waals surface area contributed by atoms with Crippen molar-refractivity contribution in [2.75, 3.05) is 11.9 Å². The SMILES string of the molecule is CCNc1cc(CSC2CCCC2)ccn1. The summed E-state index contributed by atoms with van der Waals surface area (Å²) in [7, 11) is 0. The second-order valence-corrected chi connectivity index (χ2v) is 5.59. The summed E-state index contributed by atoms with van der Waals surface area (Å²) in [6.45, 7) is 3.04. The van der Waals surface area contributed by atoms with E-state index in [1.54, 1.807) is 0 Å². The van der Waals surface area contributed by atoms with Gasteiger partial charge in [-0.2, -0.15) is 11.8 Å². The maximum atomic E-state index is 4.29. The molecule has 88 valence electrons. The molecule has 1 heterocycles. The molecule has 1 saturated carbocycles. The number of thioether (sulfide) groups is 1. The quantitative estimate of drug-likeness (QED) is 0.844. The van der Waals surface area contributed by atoms with Crippen LogP contribution in [0.25, 0.3) is 0 Å². The smallest absolute Gasteiger partial charge is 0.126 e. The third-order valence-electron chi connectivity index (χ3n) is 2.97. The summed E-state index contributed by atoms with van der Waals surface area (Å²) < 4.78 is 0. The highest BCUT2D eigenvalue weighted by molar-refractivity contribution is 7.99. The van der Waals surface area contributed by atoms with Crippen molar-refractivity contribution in [3.63, 3.8) is 0 Å². The summed E-state index contributed by atoms with van der Waals surface area (Å²) in [5.74, 6) is 2.14. The minimum atomic E-state index is 0.899. The minimum absolute atomic E-state index is 0.899. The molecule has 0 aliphatic heterocycles. The van der Waals surface area contributed by atoms with Crippen molar-refractivity contribution in [3.05, 3.63) is 23.9 Å². The first-order chi connectivity index (χ1) is 7.88. The molecule has 0 amide bonds. The van der Waals surface area contributed by atoms with Crippen molar-refractivity contribution in [2.45, 2.75) is 43.6 Å². The second-order valence-electron chi connectivity index (χ2n) is 4.30. The lowest BCUT2D eigenvalue weighted by atomic mass is 10.3. The van der Waals surface area contributed by atoms with E-state index in [4.69, 9.17) is 0 Å². The molecule has 16 heavy (non-hydrogen) atoms. The third kappa shape index (κ3) is 3.41. The number of rotatable bonds is 5. The summed E-state index contributed by atoms with van der Waals surface area (Å²) in [5.41, 5.74) is 1.39. The maximum Gasteiger partial charge on any atom is 0.126 e. The first-order valence-electron chi connectivity index (χ1n) is 6.19. The van der Waals surface area contributed by atoms with Gasteiger partial charge < -0.3 is 5.32 Å². The Morgan fingerprint density at radius 2 is 2.25 bits per heavy atom. The fourth-order valence-electron chi connectivity index (χ4n) is 2.11. The van der Waals surface area contributed by atoms with Crippen LogP contribution < -0.4 is 5.32 Å². The molecule has 0 bridgehead atoms. The zero-order valence-corrected chi connectivity index (χ0v) is 10.7. The molecule has 3 heteroatoms. The molecule has 0 spiro atoms. The number of hydrogen-bond donors (Lipinski definition) is 1. The van der Waals surface area contributed by atoms with Crippen molar-refractivity contribution in [2.24, 2.45) is 0 Å². The highest BCUT2D eigenvalue weighted by atomic mass is 32.2. The van der Waals surface area contributed by atoms with Gasteiger partial charge in [0.2, 0.25) is 0 Å². The molecule has 0 atom stereocenters. The van der Waals surface area contributed by atoms with E-state index in [2.05, 4.69) is 41.1 Å². The van der Waals surface area contributed by atoms with E-state index in [0.29, 0.717) is 0 Å². The fraction of sp³-hybridized carbons (Fsp3) is 0.615. The standard InChI is InChI=1S/C13H20N2S/c1-2-14-13-9-11(7-8-15-13)10-16-12-5-3-4-6-12/h7-9,12H,2-6,10H2,1H3,(H,14,15). The average molecular weight is 236 g/mol. The molecule has 2 nitrogen and oxygen atoms in total. The number of hydrogen-bond acceptors (Lipinski definition) is 3. The van der Waals surface area contributed by atoms with Gasteiger partial charge in [0.1, 0.15) is 5.82 Å². The van der Waals surface area contributed by atoms with Crippen LogP contribution in [-0.4, -0.2) is 16.8 Å². The number of nitrogens with zero attached hydrogens (tertiary/aromatic N) is 1. The zero-order valence-electron chi connectivity index (χ0n) is 9.91. The summed E-state index contributed by atoms with van der Waals surface area (Å²) in [6.07, 6.45) is 7.58.